The summed E-state index contributed by atoms with van der Waals surface area (Å²) in [6, 6.07) is 7.14. The Morgan fingerprint density at radius 1 is 0.979 bits per heavy atom. The van der Waals surface area contributed by atoms with Crippen LogP contribution in [0.4, 0.5) is 0 Å². The SMILES string of the molecule is CC(C)C[C@H](O)[C@H](O)[C@H](CC1CCCCC1)NC(=O)[C@H](Cc1cscn1)NC(=O)[C@H](Cc1ccccc1)S(=O)(=O)N1CCN(C)CC1. The third-order valence-corrected chi connectivity index (χ3v) is 12.2. The molecule has 1 saturated carbocycles. The summed E-state index contributed by atoms with van der Waals surface area (Å²) in [7, 11) is -2.15. The number of hydrogen-bond donors (Lipinski definition) is 4. The minimum absolute atomic E-state index is 0.0448. The van der Waals surface area contributed by atoms with Crippen LogP contribution in [0.15, 0.2) is 41.2 Å². The zero-order valence-electron chi connectivity index (χ0n) is 28.0. The minimum atomic E-state index is -4.08. The molecule has 5 atom stereocenters. The first-order chi connectivity index (χ1) is 22.4. The maximum Gasteiger partial charge on any atom is 0.243 e. The van der Waals surface area contributed by atoms with Crippen molar-refractivity contribution in [2.75, 3.05) is 33.2 Å². The Morgan fingerprint density at radius 3 is 2.28 bits per heavy atom. The van der Waals surface area contributed by atoms with Crippen molar-refractivity contribution in [3.05, 3.63) is 52.5 Å². The van der Waals surface area contributed by atoms with Gasteiger partial charge in [-0.05, 0) is 43.7 Å². The third-order valence-electron chi connectivity index (χ3n) is 9.43. The van der Waals surface area contributed by atoms with Crippen LogP contribution in [0.1, 0.15) is 70.1 Å². The Labute approximate surface area is 284 Å². The molecule has 47 heavy (non-hydrogen) atoms. The number of amides is 2. The van der Waals surface area contributed by atoms with Crippen molar-refractivity contribution in [1.82, 2.24) is 24.8 Å². The molecule has 0 unspecified atom stereocenters. The molecule has 11 nitrogen and oxygen atoms in total. The van der Waals surface area contributed by atoms with Gasteiger partial charge in [0.15, 0.2) is 5.25 Å². The number of likely N-dealkylation sites (N-methyl/N-ethyl adjacent to an activating group) is 1. The number of benzene rings is 1. The van der Waals surface area contributed by atoms with E-state index in [0.29, 0.717) is 43.1 Å². The van der Waals surface area contributed by atoms with E-state index < -0.39 is 51.4 Å². The van der Waals surface area contributed by atoms with Crippen molar-refractivity contribution in [2.45, 2.75) is 101 Å². The van der Waals surface area contributed by atoms with Crippen LogP contribution in [0.3, 0.4) is 0 Å². The quantitative estimate of drug-likeness (QED) is 0.210. The summed E-state index contributed by atoms with van der Waals surface area (Å²) in [6.07, 6.45) is 3.98. The van der Waals surface area contributed by atoms with Gasteiger partial charge in [0.1, 0.15) is 12.1 Å². The molecule has 2 aliphatic rings. The van der Waals surface area contributed by atoms with E-state index in [9.17, 15) is 28.2 Å². The number of hydrogen-bond acceptors (Lipinski definition) is 9. The van der Waals surface area contributed by atoms with Crippen LogP contribution >= 0.6 is 11.3 Å². The molecule has 2 fully saturated rings. The molecular formula is C34H53N5O6S2. The first-order valence-electron chi connectivity index (χ1n) is 17.0. The van der Waals surface area contributed by atoms with E-state index in [-0.39, 0.29) is 31.8 Å². The summed E-state index contributed by atoms with van der Waals surface area (Å²) in [5.74, 6) is -0.859. The molecule has 13 heteroatoms. The van der Waals surface area contributed by atoms with Crippen LogP contribution in [0.25, 0.3) is 0 Å². The Balaban J connectivity index is 1.59. The minimum Gasteiger partial charge on any atom is -0.390 e. The molecule has 2 heterocycles. The van der Waals surface area contributed by atoms with Gasteiger partial charge in [0.25, 0.3) is 0 Å². The summed E-state index contributed by atoms with van der Waals surface area (Å²) >= 11 is 1.36. The van der Waals surface area contributed by atoms with Crippen molar-refractivity contribution in [2.24, 2.45) is 11.8 Å². The summed E-state index contributed by atoms with van der Waals surface area (Å²) in [6.45, 7) is 5.60. The van der Waals surface area contributed by atoms with Gasteiger partial charge in [-0.15, -0.1) is 11.3 Å². The first kappa shape index (κ1) is 37.4. The second-order valence-electron chi connectivity index (χ2n) is 13.7. The first-order valence-corrected chi connectivity index (χ1v) is 19.4. The average Bonchev–Trinajstić information content (AvgIpc) is 3.56. The predicted molar refractivity (Wildman–Crippen MR) is 184 cm³/mol. The van der Waals surface area contributed by atoms with Gasteiger partial charge in [-0.1, -0.05) is 76.3 Å². The van der Waals surface area contributed by atoms with Crippen molar-refractivity contribution >= 4 is 33.2 Å². The highest BCUT2D eigenvalue weighted by Crippen LogP contribution is 2.29. The molecule has 0 spiro atoms. The highest BCUT2D eigenvalue weighted by molar-refractivity contribution is 7.90. The van der Waals surface area contributed by atoms with E-state index in [0.717, 1.165) is 32.1 Å². The molecule has 1 saturated heterocycles. The topological polar surface area (TPSA) is 152 Å². The number of rotatable bonds is 16. The predicted octanol–water partition coefficient (Wildman–Crippen LogP) is 2.58. The Bertz CT molecular complexity index is 1350. The zero-order chi connectivity index (χ0) is 34.0. The van der Waals surface area contributed by atoms with Crippen LogP contribution < -0.4 is 10.6 Å². The lowest BCUT2D eigenvalue weighted by Crippen LogP contribution is -2.59. The lowest BCUT2D eigenvalue weighted by atomic mass is 9.82. The normalized spacial score (nSPS) is 20.3. The number of nitrogens with zero attached hydrogens (tertiary/aromatic N) is 3. The molecule has 0 bridgehead atoms. The van der Waals surface area contributed by atoms with Gasteiger partial charge in [-0.2, -0.15) is 4.31 Å². The number of carbonyl (C=O) groups is 2. The van der Waals surface area contributed by atoms with Gasteiger partial charge < -0.3 is 25.7 Å². The van der Waals surface area contributed by atoms with Crippen molar-refractivity contribution in [3.63, 3.8) is 0 Å². The standard InChI is InChI=1S/C34H53N5O6S2/c1-24(2)18-30(40)32(41)28(19-25-10-6-4-7-11-25)36-33(42)29(21-27-22-46-23-35-27)37-34(43)31(20-26-12-8-5-9-13-26)47(44,45)39-16-14-38(3)15-17-39/h5,8-9,12-13,22-25,28-32,40-41H,4,6-7,10-11,14-21H2,1-3H3,(H,36,42)(H,37,43)/t28-,29-,30-,31-,32+/m0/s1. The van der Waals surface area contributed by atoms with Gasteiger partial charge >= 0.3 is 0 Å². The lowest BCUT2D eigenvalue weighted by Gasteiger charge is -2.35. The van der Waals surface area contributed by atoms with E-state index in [1.165, 1.54) is 15.6 Å². The Morgan fingerprint density at radius 2 is 1.66 bits per heavy atom. The fourth-order valence-electron chi connectivity index (χ4n) is 6.64. The zero-order valence-corrected chi connectivity index (χ0v) is 29.6. The third kappa shape index (κ3) is 11.0. The molecule has 262 valence electrons. The van der Waals surface area contributed by atoms with Crippen LogP contribution in [0, 0.1) is 11.8 Å². The molecule has 4 N–H and O–H groups in total. The van der Waals surface area contributed by atoms with Crippen LogP contribution in [-0.2, 0) is 32.5 Å². The summed E-state index contributed by atoms with van der Waals surface area (Å²) < 4.78 is 29.4. The van der Waals surface area contributed by atoms with Crippen molar-refractivity contribution < 1.29 is 28.2 Å². The highest BCUT2D eigenvalue weighted by Gasteiger charge is 2.41. The Kier molecular flexibility index (Phi) is 14.2. The number of carbonyl (C=O) groups excluding carboxylic acids is 2. The summed E-state index contributed by atoms with van der Waals surface area (Å²) in [4.78, 5) is 34.5. The van der Waals surface area contributed by atoms with Gasteiger partial charge in [0.2, 0.25) is 21.8 Å². The molecule has 0 radical (unpaired) electrons. The van der Waals surface area contributed by atoms with Gasteiger partial charge in [0, 0.05) is 38.0 Å². The van der Waals surface area contributed by atoms with Crippen LogP contribution in [0.2, 0.25) is 0 Å². The lowest BCUT2D eigenvalue weighted by molar-refractivity contribution is -0.130. The maximum atomic E-state index is 14.1. The Hall–Kier alpha value is -2.42. The van der Waals surface area contributed by atoms with Gasteiger partial charge in [-0.25, -0.2) is 13.4 Å². The van der Waals surface area contributed by atoms with E-state index in [2.05, 4.69) is 15.6 Å². The van der Waals surface area contributed by atoms with E-state index >= 15 is 0 Å². The average molecular weight is 692 g/mol. The molecule has 1 aliphatic heterocycles. The van der Waals surface area contributed by atoms with E-state index in [1.54, 1.807) is 35.2 Å². The number of nitrogens with one attached hydrogen (secondary N) is 2. The fourth-order valence-corrected chi connectivity index (χ4v) is 8.99. The molecule has 1 aromatic heterocycles. The molecule has 2 amide bonds. The van der Waals surface area contributed by atoms with Gasteiger partial charge in [-0.3, -0.25) is 9.59 Å². The molecule has 1 aromatic carbocycles. The summed E-state index contributed by atoms with van der Waals surface area (Å²) in [5.41, 5.74) is 2.92. The second-order valence-corrected chi connectivity index (χ2v) is 16.5. The summed E-state index contributed by atoms with van der Waals surface area (Å²) in [5, 5.41) is 28.3. The number of aliphatic hydroxyl groups excluding tert-OH is 2. The number of aliphatic hydroxyl groups is 2. The van der Waals surface area contributed by atoms with E-state index in [4.69, 9.17) is 0 Å². The number of piperazine rings is 1. The number of aromatic nitrogens is 1. The second kappa shape index (κ2) is 17.8. The number of thiazole rings is 1. The largest absolute Gasteiger partial charge is 0.390 e. The molecular weight excluding hydrogens is 639 g/mol. The van der Waals surface area contributed by atoms with Gasteiger partial charge in [0.05, 0.1) is 23.4 Å². The monoisotopic (exact) mass is 691 g/mol. The fraction of sp³-hybridized carbons (Fsp3) is 0.676. The molecule has 4 rings (SSSR count). The van der Waals surface area contributed by atoms with Crippen LogP contribution in [-0.4, -0.2) is 107 Å². The highest BCUT2D eigenvalue weighted by atomic mass is 32.2. The van der Waals surface area contributed by atoms with Crippen molar-refractivity contribution in [3.8, 4) is 0 Å². The van der Waals surface area contributed by atoms with Crippen molar-refractivity contribution in [1.29, 1.82) is 0 Å². The van der Waals surface area contributed by atoms with E-state index in [1.807, 2.05) is 31.9 Å². The van der Waals surface area contributed by atoms with Crippen LogP contribution in [0.5, 0.6) is 0 Å². The number of sulfonamides is 1. The molecule has 2 aromatic rings. The smallest absolute Gasteiger partial charge is 0.243 e. The maximum absolute atomic E-state index is 14.1. The molecule has 1 aliphatic carbocycles.